The normalized spacial score (nSPS) is 11.1. The molecule has 2 rings (SSSR count). The first kappa shape index (κ1) is 9.13. The fourth-order valence-corrected chi connectivity index (χ4v) is 1.66. The van der Waals surface area contributed by atoms with Crippen LogP contribution in [-0.2, 0) is 0 Å². The van der Waals surface area contributed by atoms with E-state index in [0.717, 1.165) is 17.0 Å². The highest BCUT2D eigenvalue weighted by atomic mass is 14.9. The predicted molar refractivity (Wildman–Crippen MR) is 58.4 cm³/mol. The van der Waals surface area contributed by atoms with Crippen molar-refractivity contribution >= 4 is 10.9 Å². The van der Waals surface area contributed by atoms with E-state index in [0.29, 0.717) is 5.92 Å². The summed E-state index contributed by atoms with van der Waals surface area (Å²) in [5.41, 5.74) is 2.19. The second kappa shape index (κ2) is 3.37. The molecule has 0 fully saturated rings. The van der Waals surface area contributed by atoms with Gasteiger partial charge in [0.25, 0.3) is 0 Å². The van der Waals surface area contributed by atoms with Crippen molar-refractivity contribution in [1.29, 1.82) is 0 Å². The van der Waals surface area contributed by atoms with E-state index in [9.17, 15) is 0 Å². The van der Waals surface area contributed by atoms with Gasteiger partial charge in [0.1, 0.15) is 5.82 Å². The van der Waals surface area contributed by atoms with Crippen LogP contribution in [-0.4, -0.2) is 9.97 Å². The van der Waals surface area contributed by atoms with Gasteiger partial charge in [0, 0.05) is 5.39 Å². The van der Waals surface area contributed by atoms with Gasteiger partial charge in [-0.15, -0.1) is 0 Å². The van der Waals surface area contributed by atoms with Gasteiger partial charge in [0.2, 0.25) is 0 Å². The fourth-order valence-electron chi connectivity index (χ4n) is 1.66. The molecule has 0 N–H and O–H groups in total. The Hall–Kier alpha value is -1.44. The van der Waals surface area contributed by atoms with Crippen LogP contribution in [0.3, 0.4) is 0 Å². The highest BCUT2D eigenvalue weighted by Crippen LogP contribution is 2.21. The largest absolute Gasteiger partial charge is 0.237 e. The lowest BCUT2D eigenvalue weighted by Crippen LogP contribution is -1.99. The van der Waals surface area contributed by atoms with Crippen LogP contribution < -0.4 is 0 Å². The van der Waals surface area contributed by atoms with Gasteiger partial charge in [0.15, 0.2) is 0 Å². The average Bonchev–Trinajstić information content (AvgIpc) is 2.16. The van der Waals surface area contributed by atoms with Gasteiger partial charge in [0.05, 0.1) is 11.2 Å². The molecule has 0 aliphatic rings. The molecule has 72 valence electrons. The van der Waals surface area contributed by atoms with Crippen molar-refractivity contribution in [3.63, 3.8) is 0 Å². The molecule has 14 heavy (non-hydrogen) atoms. The second-order valence-corrected chi connectivity index (χ2v) is 3.83. The molecule has 2 nitrogen and oxygen atoms in total. The number of hydrogen-bond donors (Lipinski definition) is 0. The van der Waals surface area contributed by atoms with E-state index in [-0.39, 0.29) is 0 Å². The van der Waals surface area contributed by atoms with E-state index in [2.05, 4.69) is 29.9 Å². The summed E-state index contributed by atoms with van der Waals surface area (Å²) < 4.78 is 0. The molecule has 0 radical (unpaired) electrons. The Labute approximate surface area is 84.0 Å². The van der Waals surface area contributed by atoms with Crippen molar-refractivity contribution in [3.05, 3.63) is 35.8 Å². The minimum absolute atomic E-state index is 0.446. The zero-order valence-corrected chi connectivity index (χ0v) is 8.78. The molecule has 0 saturated heterocycles. The second-order valence-electron chi connectivity index (χ2n) is 3.83. The Morgan fingerprint density at radius 1 is 1.07 bits per heavy atom. The van der Waals surface area contributed by atoms with E-state index in [1.54, 1.807) is 0 Å². The number of hydrogen-bond acceptors (Lipinski definition) is 2. The maximum atomic E-state index is 4.49. The van der Waals surface area contributed by atoms with Gasteiger partial charge in [-0.3, -0.25) is 0 Å². The third-order valence-electron chi connectivity index (χ3n) is 2.29. The molecule has 1 aromatic carbocycles. The van der Waals surface area contributed by atoms with Gasteiger partial charge < -0.3 is 0 Å². The molecule has 0 atom stereocenters. The van der Waals surface area contributed by atoms with Crippen LogP contribution in [0, 0.1) is 6.92 Å². The highest BCUT2D eigenvalue weighted by molar-refractivity contribution is 5.81. The summed E-state index contributed by atoms with van der Waals surface area (Å²) in [5.74, 6) is 1.30. The van der Waals surface area contributed by atoms with Gasteiger partial charge in [-0.05, 0) is 18.9 Å². The molecule has 0 unspecified atom stereocenters. The highest BCUT2D eigenvalue weighted by Gasteiger charge is 2.07. The number of benzene rings is 1. The van der Waals surface area contributed by atoms with Crippen LogP contribution in [0.4, 0.5) is 0 Å². The third kappa shape index (κ3) is 1.48. The monoisotopic (exact) mass is 186 g/mol. The summed E-state index contributed by atoms with van der Waals surface area (Å²) in [6.45, 7) is 6.26. The van der Waals surface area contributed by atoms with E-state index in [1.165, 1.54) is 5.39 Å². The van der Waals surface area contributed by atoms with Crippen LogP contribution >= 0.6 is 0 Å². The van der Waals surface area contributed by atoms with Gasteiger partial charge in [-0.25, -0.2) is 9.97 Å². The fraction of sp³-hybridized carbons (Fsp3) is 0.333. The van der Waals surface area contributed by atoms with Crippen molar-refractivity contribution in [1.82, 2.24) is 9.97 Å². The molecule has 0 spiro atoms. The van der Waals surface area contributed by atoms with E-state index in [4.69, 9.17) is 0 Å². The van der Waals surface area contributed by atoms with E-state index < -0.39 is 0 Å². The Kier molecular flexibility index (Phi) is 2.20. The SMILES string of the molecule is Cc1nc(C(C)C)c2ccccc2n1. The molecule has 0 bridgehead atoms. The Bertz CT molecular complexity index is 461. The maximum Gasteiger partial charge on any atom is 0.126 e. The van der Waals surface area contributed by atoms with Crippen LogP contribution in [0.15, 0.2) is 24.3 Å². The summed E-state index contributed by atoms with van der Waals surface area (Å²) in [6.07, 6.45) is 0. The topological polar surface area (TPSA) is 25.8 Å². The first-order valence-corrected chi connectivity index (χ1v) is 4.92. The van der Waals surface area contributed by atoms with Crippen LogP contribution in [0.1, 0.15) is 31.3 Å². The zero-order chi connectivity index (χ0) is 10.1. The quantitative estimate of drug-likeness (QED) is 0.684. The number of rotatable bonds is 1. The molecule has 0 amide bonds. The van der Waals surface area contributed by atoms with Gasteiger partial charge in [-0.2, -0.15) is 0 Å². The minimum Gasteiger partial charge on any atom is -0.237 e. The molecule has 2 heteroatoms. The summed E-state index contributed by atoms with van der Waals surface area (Å²) >= 11 is 0. The molecule has 2 aromatic rings. The first-order chi connectivity index (χ1) is 6.68. The molecule has 0 aliphatic heterocycles. The van der Waals surface area contributed by atoms with Crippen LogP contribution in [0.5, 0.6) is 0 Å². The third-order valence-corrected chi connectivity index (χ3v) is 2.29. The molecular formula is C12H14N2. The van der Waals surface area contributed by atoms with Crippen LogP contribution in [0.2, 0.25) is 0 Å². The van der Waals surface area contributed by atoms with Gasteiger partial charge in [-0.1, -0.05) is 32.0 Å². The molecule has 1 aromatic heterocycles. The summed E-state index contributed by atoms with van der Waals surface area (Å²) in [7, 11) is 0. The molecule has 0 aliphatic carbocycles. The smallest absolute Gasteiger partial charge is 0.126 e. The van der Waals surface area contributed by atoms with Crippen molar-refractivity contribution in [3.8, 4) is 0 Å². The average molecular weight is 186 g/mol. The van der Waals surface area contributed by atoms with E-state index >= 15 is 0 Å². The van der Waals surface area contributed by atoms with Crippen molar-refractivity contribution in [2.75, 3.05) is 0 Å². The molecular weight excluding hydrogens is 172 g/mol. The number of aryl methyl sites for hydroxylation is 1. The minimum atomic E-state index is 0.446. The maximum absolute atomic E-state index is 4.49. The lowest BCUT2D eigenvalue weighted by atomic mass is 10.0. The van der Waals surface area contributed by atoms with Gasteiger partial charge >= 0.3 is 0 Å². The lowest BCUT2D eigenvalue weighted by molar-refractivity contribution is 0.817. The summed E-state index contributed by atoms with van der Waals surface area (Å²) in [6, 6.07) is 8.17. The lowest BCUT2D eigenvalue weighted by Gasteiger charge is -2.09. The van der Waals surface area contributed by atoms with Crippen LogP contribution in [0.25, 0.3) is 10.9 Å². The van der Waals surface area contributed by atoms with Crippen molar-refractivity contribution in [2.24, 2.45) is 0 Å². The Balaban J connectivity index is 2.80. The predicted octanol–water partition coefficient (Wildman–Crippen LogP) is 3.06. The number of nitrogens with zero attached hydrogens (tertiary/aromatic N) is 2. The molecule has 0 saturated carbocycles. The number of para-hydroxylation sites is 1. The Morgan fingerprint density at radius 3 is 2.50 bits per heavy atom. The summed E-state index contributed by atoms with van der Waals surface area (Å²) in [5, 5.41) is 1.17. The van der Waals surface area contributed by atoms with Crippen molar-refractivity contribution in [2.45, 2.75) is 26.7 Å². The number of fused-ring (bicyclic) bond motifs is 1. The Morgan fingerprint density at radius 2 is 1.79 bits per heavy atom. The van der Waals surface area contributed by atoms with E-state index in [1.807, 2.05) is 25.1 Å². The molecule has 1 heterocycles. The zero-order valence-electron chi connectivity index (χ0n) is 8.78. The standard InChI is InChI=1S/C12H14N2/c1-8(2)12-10-6-4-5-7-11(10)13-9(3)14-12/h4-8H,1-3H3. The van der Waals surface area contributed by atoms with Crippen molar-refractivity contribution < 1.29 is 0 Å². The summed E-state index contributed by atoms with van der Waals surface area (Å²) in [4.78, 5) is 8.90. The first-order valence-electron chi connectivity index (χ1n) is 4.92. The number of aromatic nitrogens is 2.